The molecule has 4 rings (SSSR count). The van der Waals surface area contributed by atoms with Crippen molar-refractivity contribution in [1.82, 2.24) is 9.55 Å². The number of amides is 1. The van der Waals surface area contributed by atoms with Crippen LogP contribution in [0.2, 0.25) is 0 Å². The summed E-state index contributed by atoms with van der Waals surface area (Å²) in [7, 11) is 3.05. The van der Waals surface area contributed by atoms with E-state index in [1.165, 1.54) is 18.8 Å². The van der Waals surface area contributed by atoms with E-state index in [9.17, 15) is 9.59 Å². The summed E-state index contributed by atoms with van der Waals surface area (Å²) in [6, 6.07) is 20.9. The molecule has 9 heteroatoms. The second-order valence-corrected chi connectivity index (χ2v) is 8.06. The van der Waals surface area contributed by atoms with Gasteiger partial charge in [-0.2, -0.15) is 5.26 Å². The quantitative estimate of drug-likeness (QED) is 0.320. The van der Waals surface area contributed by atoms with Crippen LogP contribution in [-0.2, 0) is 4.79 Å². The van der Waals surface area contributed by atoms with Crippen molar-refractivity contribution in [3.05, 3.63) is 82.6 Å². The van der Waals surface area contributed by atoms with Crippen LogP contribution in [0.3, 0.4) is 0 Å². The van der Waals surface area contributed by atoms with Crippen LogP contribution in [-0.4, -0.2) is 35.4 Å². The first-order valence-electron chi connectivity index (χ1n) is 10.2. The molecule has 4 aromatic rings. The molecule has 0 spiro atoms. The lowest BCUT2D eigenvalue weighted by Crippen LogP contribution is -2.23. The van der Waals surface area contributed by atoms with Crippen molar-refractivity contribution in [1.29, 1.82) is 5.26 Å². The molecule has 1 amide bonds. The zero-order chi connectivity index (χ0) is 24.1. The molecule has 3 aromatic carbocycles. The highest BCUT2D eigenvalue weighted by atomic mass is 32.2. The van der Waals surface area contributed by atoms with Crippen molar-refractivity contribution >= 4 is 34.3 Å². The molecule has 34 heavy (non-hydrogen) atoms. The molecular formula is C25H20N4O4S. The molecule has 0 aliphatic rings. The van der Waals surface area contributed by atoms with Gasteiger partial charge in [0.1, 0.15) is 0 Å². The molecular weight excluding hydrogens is 452 g/mol. The Kier molecular flexibility index (Phi) is 6.80. The van der Waals surface area contributed by atoms with E-state index in [2.05, 4.69) is 10.3 Å². The zero-order valence-electron chi connectivity index (χ0n) is 18.4. The van der Waals surface area contributed by atoms with Gasteiger partial charge < -0.3 is 14.8 Å². The minimum absolute atomic E-state index is 0.00878. The lowest BCUT2D eigenvalue weighted by atomic mass is 10.2. The van der Waals surface area contributed by atoms with E-state index in [4.69, 9.17) is 14.7 Å². The Morgan fingerprint density at radius 3 is 2.62 bits per heavy atom. The number of fused-ring (bicyclic) bond motifs is 1. The molecule has 0 saturated carbocycles. The number of para-hydroxylation sites is 1. The maximum absolute atomic E-state index is 13.4. The molecule has 0 saturated heterocycles. The number of aromatic nitrogens is 2. The van der Waals surface area contributed by atoms with E-state index in [1.807, 2.05) is 6.07 Å². The number of carbonyl (C=O) groups excluding carboxylic acids is 1. The van der Waals surface area contributed by atoms with Crippen molar-refractivity contribution in [2.45, 2.75) is 5.16 Å². The monoisotopic (exact) mass is 472 g/mol. The van der Waals surface area contributed by atoms with Gasteiger partial charge in [0.15, 0.2) is 16.7 Å². The van der Waals surface area contributed by atoms with Gasteiger partial charge in [-0.05, 0) is 42.5 Å². The average Bonchev–Trinajstić information content (AvgIpc) is 2.87. The number of hydrogen-bond acceptors (Lipinski definition) is 7. The first-order chi connectivity index (χ1) is 16.5. The fourth-order valence-electron chi connectivity index (χ4n) is 3.39. The molecule has 0 atom stereocenters. The molecule has 8 nitrogen and oxygen atoms in total. The second-order valence-electron chi connectivity index (χ2n) is 7.12. The largest absolute Gasteiger partial charge is 0.493 e. The standard InChI is InChI=1S/C25H20N4O4S/c1-32-21-11-10-18(13-22(21)33-2)29-24(31)19-8-3-4-9-20(19)28-25(29)34-15-23(30)27-17-7-5-6-16(12-17)14-26/h3-13H,15H2,1-2H3,(H,27,30). The predicted molar refractivity (Wildman–Crippen MR) is 131 cm³/mol. The van der Waals surface area contributed by atoms with Gasteiger partial charge in [0.2, 0.25) is 5.91 Å². The number of nitrogens with one attached hydrogen (secondary N) is 1. The van der Waals surface area contributed by atoms with Crippen molar-refractivity contribution in [2.75, 3.05) is 25.3 Å². The highest BCUT2D eigenvalue weighted by molar-refractivity contribution is 7.99. The number of nitrogens with zero attached hydrogens (tertiary/aromatic N) is 3. The molecule has 170 valence electrons. The minimum atomic E-state index is -0.290. The Balaban J connectivity index is 1.70. The topological polar surface area (TPSA) is 106 Å². The number of nitriles is 1. The van der Waals surface area contributed by atoms with Gasteiger partial charge in [-0.15, -0.1) is 0 Å². The summed E-state index contributed by atoms with van der Waals surface area (Å²) in [5, 5.41) is 12.6. The van der Waals surface area contributed by atoms with Crippen molar-refractivity contribution in [3.63, 3.8) is 0 Å². The number of rotatable bonds is 7. The van der Waals surface area contributed by atoms with Gasteiger partial charge in [-0.1, -0.05) is 30.0 Å². The summed E-state index contributed by atoms with van der Waals surface area (Å²) in [4.78, 5) is 30.7. The zero-order valence-corrected chi connectivity index (χ0v) is 19.3. The first kappa shape index (κ1) is 22.9. The maximum atomic E-state index is 13.4. The van der Waals surface area contributed by atoms with Crippen molar-refractivity contribution in [3.8, 4) is 23.3 Å². The van der Waals surface area contributed by atoms with Crippen molar-refractivity contribution < 1.29 is 14.3 Å². The van der Waals surface area contributed by atoms with Crippen LogP contribution in [0.25, 0.3) is 16.6 Å². The summed E-state index contributed by atoms with van der Waals surface area (Å²) < 4.78 is 12.2. The number of thioether (sulfide) groups is 1. The van der Waals surface area contributed by atoms with E-state index in [1.54, 1.807) is 66.7 Å². The third kappa shape index (κ3) is 4.72. The Bertz CT molecular complexity index is 1480. The Hall–Kier alpha value is -4.29. The van der Waals surface area contributed by atoms with Crippen LogP contribution in [0.15, 0.2) is 76.7 Å². The van der Waals surface area contributed by atoms with Gasteiger partial charge in [-0.3, -0.25) is 14.2 Å². The number of carbonyl (C=O) groups is 1. The number of benzene rings is 3. The van der Waals surface area contributed by atoms with Gasteiger partial charge in [0.05, 0.1) is 48.2 Å². The van der Waals surface area contributed by atoms with Crippen molar-refractivity contribution in [2.24, 2.45) is 0 Å². The smallest absolute Gasteiger partial charge is 0.266 e. The minimum Gasteiger partial charge on any atom is -0.493 e. The molecule has 0 unspecified atom stereocenters. The van der Waals surface area contributed by atoms with E-state index >= 15 is 0 Å². The molecule has 0 aliphatic carbocycles. The van der Waals surface area contributed by atoms with E-state index < -0.39 is 0 Å². The van der Waals surface area contributed by atoms with Gasteiger partial charge >= 0.3 is 0 Å². The van der Waals surface area contributed by atoms with E-state index in [-0.39, 0.29) is 17.2 Å². The molecule has 1 aromatic heterocycles. The third-order valence-electron chi connectivity index (χ3n) is 4.98. The normalized spacial score (nSPS) is 10.5. The summed E-state index contributed by atoms with van der Waals surface area (Å²) in [5.41, 5.74) is 1.78. The first-order valence-corrected chi connectivity index (χ1v) is 11.2. The Morgan fingerprint density at radius 1 is 1.06 bits per heavy atom. The SMILES string of the molecule is COc1ccc(-n2c(SCC(=O)Nc3cccc(C#N)c3)nc3ccccc3c2=O)cc1OC. The number of anilines is 1. The highest BCUT2D eigenvalue weighted by Crippen LogP contribution is 2.30. The lowest BCUT2D eigenvalue weighted by Gasteiger charge is -2.15. The lowest BCUT2D eigenvalue weighted by molar-refractivity contribution is -0.113. The molecule has 0 radical (unpaired) electrons. The second kappa shape index (κ2) is 10.1. The van der Waals surface area contributed by atoms with Crippen LogP contribution in [0.4, 0.5) is 5.69 Å². The Labute approximate surface area is 199 Å². The molecule has 0 fully saturated rings. The van der Waals surface area contributed by atoms with Crippen LogP contribution in [0, 0.1) is 11.3 Å². The van der Waals surface area contributed by atoms with E-state index in [0.717, 1.165) is 11.8 Å². The predicted octanol–water partition coefficient (Wildman–Crippen LogP) is 4.01. The number of ether oxygens (including phenoxy) is 2. The number of methoxy groups -OCH3 is 2. The summed E-state index contributed by atoms with van der Waals surface area (Å²) >= 11 is 1.13. The molecule has 0 aliphatic heterocycles. The molecule has 0 bridgehead atoms. The fraction of sp³-hybridized carbons (Fsp3) is 0.120. The van der Waals surface area contributed by atoms with Gasteiger partial charge in [0, 0.05) is 11.8 Å². The van der Waals surface area contributed by atoms with E-state index in [0.29, 0.717) is 44.5 Å². The van der Waals surface area contributed by atoms with Gasteiger partial charge in [0.25, 0.3) is 5.56 Å². The Morgan fingerprint density at radius 2 is 1.85 bits per heavy atom. The van der Waals surface area contributed by atoms with Crippen LogP contribution in [0.5, 0.6) is 11.5 Å². The summed E-state index contributed by atoms with van der Waals surface area (Å²) in [6.45, 7) is 0. The average molecular weight is 473 g/mol. The van der Waals surface area contributed by atoms with Crippen LogP contribution >= 0.6 is 11.8 Å². The molecule has 1 N–H and O–H groups in total. The van der Waals surface area contributed by atoms with Crippen LogP contribution < -0.4 is 20.3 Å². The highest BCUT2D eigenvalue weighted by Gasteiger charge is 2.16. The fourth-order valence-corrected chi connectivity index (χ4v) is 4.21. The van der Waals surface area contributed by atoms with Gasteiger partial charge in [-0.25, -0.2) is 4.98 Å². The maximum Gasteiger partial charge on any atom is 0.266 e. The third-order valence-corrected chi connectivity index (χ3v) is 5.92. The van der Waals surface area contributed by atoms with Crippen LogP contribution in [0.1, 0.15) is 5.56 Å². The number of hydrogen-bond donors (Lipinski definition) is 1. The molecule has 1 heterocycles. The summed E-state index contributed by atoms with van der Waals surface area (Å²) in [6.07, 6.45) is 0. The summed E-state index contributed by atoms with van der Waals surface area (Å²) in [5.74, 6) is 0.711.